The third-order valence-corrected chi connectivity index (χ3v) is 2.70. The molecule has 0 atom stereocenters. The van der Waals surface area contributed by atoms with Gasteiger partial charge >= 0.3 is 0 Å². The summed E-state index contributed by atoms with van der Waals surface area (Å²) in [5, 5.41) is 3.42. The zero-order valence-electron chi connectivity index (χ0n) is 9.10. The highest BCUT2D eigenvalue weighted by molar-refractivity contribution is 6.04. The lowest BCUT2D eigenvalue weighted by atomic mass is 10.3. The standard InChI is InChI=1S/C7H22N4Si/c1-7(10(2)3,11(4)5)8-6-9-12/h8-9H,6H2,1-5,12H3. The highest BCUT2D eigenvalue weighted by atomic mass is 28.2. The lowest BCUT2D eigenvalue weighted by Gasteiger charge is -2.42. The predicted molar refractivity (Wildman–Crippen MR) is 56.9 cm³/mol. The molecule has 0 aromatic carbocycles. The van der Waals surface area contributed by atoms with Gasteiger partial charge in [0.25, 0.3) is 0 Å². The van der Waals surface area contributed by atoms with Gasteiger partial charge in [0.05, 0.1) is 10.4 Å². The highest BCUT2D eigenvalue weighted by Crippen LogP contribution is 2.08. The Labute approximate surface area is 78.8 Å². The van der Waals surface area contributed by atoms with E-state index in [2.05, 4.69) is 55.2 Å². The van der Waals surface area contributed by atoms with E-state index in [4.69, 9.17) is 0 Å². The minimum atomic E-state index is -0.0720. The van der Waals surface area contributed by atoms with Gasteiger partial charge in [-0.15, -0.1) is 0 Å². The summed E-state index contributed by atoms with van der Waals surface area (Å²) in [5.41, 5.74) is 0. The first-order valence-corrected chi connectivity index (χ1v) is 5.19. The average Bonchev–Trinajstić information content (AvgIpc) is 1.99. The van der Waals surface area contributed by atoms with Crippen LogP contribution < -0.4 is 10.3 Å². The second-order valence-electron chi connectivity index (χ2n) is 3.52. The number of nitrogens with one attached hydrogen (secondary N) is 2. The van der Waals surface area contributed by atoms with Crippen molar-refractivity contribution in [2.24, 2.45) is 0 Å². The Balaban J connectivity index is 4.19. The van der Waals surface area contributed by atoms with Gasteiger partial charge in [0.2, 0.25) is 0 Å². The molecule has 0 saturated heterocycles. The van der Waals surface area contributed by atoms with Gasteiger partial charge in [-0.2, -0.15) is 0 Å². The molecular formula is C7H22N4Si. The number of nitrogens with zero attached hydrogens (tertiary/aromatic N) is 2. The summed E-state index contributed by atoms with van der Waals surface area (Å²) in [4.78, 5) is 7.52. The summed E-state index contributed by atoms with van der Waals surface area (Å²) in [6.07, 6.45) is 0. The van der Waals surface area contributed by atoms with Gasteiger partial charge in [-0.1, -0.05) is 0 Å². The van der Waals surface area contributed by atoms with E-state index in [9.17, 15) is 0 Å². The van der Waals surface area contributed by atoms with Crippen LogP contribution in [-0.4, -0.2) is 60.9 Å². The van der Waals surface area contributed by atoms with Gasteiger partial charge in [-0.25, -0.2) is 0 Å². The first-order valence-electron chi connectivity index (χ1n) is 4.19. The Kier molecular flexibility index (Phi) is 4.96. The Morgan fingerprint density at radius 2 is 1.58 bits per heavy atom. The van der Waals surface area contributed by atoms with Gasteiger partial charge in [0.15, 0.2) is 0 Å². The first kappa shape index (κ1) is 12.1. The number of rotatable bonds is 5. The van der Waals surface area contributed by atoms with Crippen LogP contribution in [0.3, 0.4) is 0 Å². The van der Waals surface area contributed by atoms with E-state index in [1.54, 1.807) is 0 Å². The molecule has 0 aliphatic rings. The fourth-order valence-electron chi connectivity index (χ4n) is 0.972. The van der Waals surface area contributed by atoms with Crippen molar-refractivity contribution >= 4 is 10.4 Å². The molecule has 0 radical (unpaired) electrons. The maximum Gasteiger partial charge on any atom is 0.125 e. The van der Waals surface area contributed by atoms with Crippen molar-refractivity contribution < 1.29 is 0 Å². The van der Waals surface area contributed by atoms with Gasteiger partial charge in [-0.3, -0.25) is 15.1 Å². The van der Waals surface area contributed by atoms with E-state index < -0.39 is 0 Å². The van der Waals surface area contributed by atoms with Crippen LogP contribution in [0.1, 0.15) is 6.92 Å². The lowest BCUT2D eigenvalue weighted by molar-refractivity contribution is -0.0111. The van der Waals surface area contributed by atoms with Gasteiger partial charge < -0.3 is 4.98 Å². The normalized spacial score (nSPS) is 13.2. The molecular weight excluding hydrogens is 168 g/mol. The average molecular weight is 190 g/mol. The Morgan fingerprint density at radius 3 is 1.83 bits per heavy atom. The lowest BCUT2D eigenvalue weighted by Crippen LogP contribution is -2.64. The van der Waals surface area contributed by atoms with Crippen molar-refractivity contribution in [2.45, 2.75) is 12.7 Å². The molecule has 0 aromatic heterocycles. The summed E-state index contributed by atoms with van der Waals surface area (Å²) in [6, 6.07) is 0. The van der Waals surface area contributed by atoms with Crippen molar-refractivity contribution in [1.29, 1.82) is 0 Å². The minimum absolute atomic E-state index is 0.0720. The van der Waals surface area contributed by atoms with Crippen LogP contribution in [-0.2, 0) is 0 Å². The summed E-state index contributed by atoms with van der Waals surface area (Å²) in [6.45, 7) is 3.02. The molecule has 0 amide bonds. The van der Waals surface area contributed by atoms with Gasteiger partial charge in [-0.05, 0) is 35.1 Å². The molecule has 0 rings (SSSR count). The molecule has 0 unspecified atom stereocenters. The predicted octanol–water partition coefficient (Wildman–Crippen LogP) is -1.80. The SMILES string of the molecule is CN(C)C(C)(NCN[SiH3])N(C)C. The van der Waals surface area contributed by atoms with Gasteiger partial charge in [0.1, 0.15) is 5.79 Å². The van der Waals surface area contributed by atoms with Crippen LogP contribution in [0.15, 0.2) is 0 Å². The topological polar surface area (TPSA) is 30.5 Å². The van der Waals surface area contributed by atoms with E-state index in [1.807, 2.05) is 0 Å². The smallest absolute Gasteiger partial charge is 0.125 e. The molecule has 2 N–H and O–H groups in total. The molecule has 12 heavy (non-hydrogen) atoms. The quantitative estimate of drug-likeness (QED) is 0.396. The molecule has 0 aliphatic carbocycles. The third-order valence-electron chi connectivity index (χ3n) is 2.34. The molecule has 0 aromatic rings. The monoisotopic (exact) mass is 190 g/mol. The summed E-state index contributed by atoms with van der Waals surface area (Å²) < 4.78 is 0. The molecule has 0 bridgehead atoms. The maximum atomic E-state index is 3.42. The molecule has 74 valence electrons. The van der Waals surface area contributed by atoms with Crippen LogP contribution in [0.25, 0.3) is 0 Å². The van der Waals surface area contributed by atoms with E-state index in [-0.39, 0.29) is 5.79 Å². The van der Waals surface area contributed by atoms with Crippen molar-refractivity contribution in [2.75, 3.05) is 34.9 Å². The van der Waals surface area contributed by atoms with Crippen molar-refractivity contribution in [3.05, 3.63) is 0 Å². The maximum absolute atomic E-state index is 3.42. The Hall–Kier alpha value is 0.0569. The largest absolute Gasteiger partial charge is 0.334 e. The number of hydrogen-bond acceptors (Lipinski definition) is 4. The summed E-state index contributed by atoms with van der Waals surface area (Å²) >= 11 is 0. The van der Waals surface area contributed by atoms with Crippen LogP contribution in [0, 0.1) is 0 Å². The Bertz CT molecular complexity index is 119. The molecule has 4 nitrogen and oxygen atoms in total. The van der Waals surface area contributed by atoms with Crippen molar-refractivity contribution in [1.82, 2.24) is 20.1 Å². The van der Waals surface area contributed by atoms with E-state index in [0.717, 1.165) is 17.1 Å². The molecule has 5 heteroatoms. The van der Waals surface area contributed by atoms with Crippen LogP contribution in [0.2, 0.25) is 0 Å². The second-order valence-corrected chi connectivity index (χ2v) is 4.22. The van der Waals surface area contributed by atoms with Gasteiger partial charge in [0, 0.05) is 6.67 Å². The third kappa shape index (κ3) is 2.84. The molecule has 0 aliphatic heterocycles. The molecule has 0 fully saturated rings. The highest BCUT2D eigenvalue weighted by Gasteiger charge is 2.27. The second kappa shape index (κ2) is 4.93. The summed E-state index contributed by atoms with van der Waals surface area (Å²) in [5.74, 6) is -0.0720. The molecule has 0 spiro atoms. The van der Waals surface area contributed by atoms with Crippen LogP contribution in [0.4, 0.5) is 0 Å². The fourth-order valence-corrected chi connectivity index (χ4v) is 1.15. The molecule has 0 heterocycles. The van der Waals surface area contributed by atoms with Crippen molar-refractivity contribution in [3.8, 4) is 0 Å². The Morgan fingerprint density at radius 1 is 1.17 bits per heavy atom. The van der Waals surface area contributed by atoms with E-state index >= 15 is 0 Å². The first-order chi connectivity index (χ1) is 5.45. The molecule has 0 saturated carbocycles. The van der Waals surface area contributed by atoms with E-state index in [1.165, 1.54) is 0 Å². The van der Waals surface area contributed by atoms with Crippen LogP contribution in [0.5, 0.6) is 0 Å². The van der Waals surface area contributed by atoms with Crippen molar-refractivity contribution in [3.63, 3.8) is 0 Å². The van der Waals surface area contributed by atoms with Crippen LogP contribution >= 0.6 is 0 Å². The minimum Gasteiger partial charge on any atom is -0.334 e. The number of hydrogen-bond donors (Lipinski definition) is 2. The van der Waals surface area contributed by atoms with E-state index in [0.29, 0.717) is 0 Å². The zero-order chi connectivity index (χ0) is 9.78. The fraction of sp³-hybridized carbons (Fsp3) is 1.00. The summed E-state index contributed by atoms with van der Waals surface area (Å²) in [7, 11) is 9.30. The zero-order valence-corrected chi connectivity index (χ0v) is 11.1.